The first kappa shape index (κ1) is 21.8. The highest BCUT2D eigenvalue weighted by Crippen LogP contribution is 2.46. The average Bonchev–Trinajstić information content (AvgIpc) is 3.15. The Labute approximate surface area is 180 Å². The molecule has 4 rings (SSSR count). The fourth-order valence-corrected chi connectivity index (χ4v) is 4.41. The number of hydrogen-bond acceptors (Lipinski definition) is 12. The molecule has 3 heterocycles. The molecule has 1 N–H and O–H groups in total. The van der Waals surface area contributed by atoms with Gasteiger partial charge in [0.2, 0.25) is 5.91 Å². The maximum atomic E-state index is 12.8. The first-order valence-corrected chi connectivity index (χ1v) is 9.72. The molecule has 3 amide bonds. The maximum Gasteiger partial charge on any atom is 0.509 e. The van der Waals surface area contributed by atoms with E-state index < -0.39 is 84.7 Å². The summed E-state index contributed by atoms with van der Waals surface area (Å²) >= 11 is 0. The standard InChI is InChI=1S/C18H20N2O12/c1-5(21)27-4-8-11(28-6(2)22)14(29-7(3)23)16(30-8)20-10-9(15(24)19-17(20)25)12-13(10)32-18(26)31-12/h8-14,16H,4H2,1-3H3,(H,19,24,25)/t8-,9+,10-,11-,12-,13-,14+,16-/m1/s1. The summed E-state index contributed by atoms with van der Waals surface area (Å²) in [4.78, 5) is 72.5. The van der Waals surface area contributed by atoms with Gasteiger partial charge in [-0.2, -0.15) is 0 Å². The summed E-state index contributed by atoms with van der Waals surface area (Å²) in [5, 5.41) is 2.15. The van der Waals surface area contributed by atoms with Gasteiger partial charge in [0.05, 0.1) is 6.04 Å². The highest BCUT2D eigenvalue weighted by molar-refractivity contribution is 6.00. The van der Waals surface area contributed by atoms with E-state index in [1.807, 2.05) is 0 Å². The van der Waals surface area contributed by atoms with E-state index in [1.165, 1.54) is 0 Å². The Morgan fingerprint density at radius 3 is 2.19 bits per heavy atom. The summed E-state index contributed by atoms with van der Waals surface area (Å²) in [6.45, 7) is 3.02. The fraction of sp³-hybridized carbons (Fsp3) is 0.667. The third kappa shape index (κ3) is 3.59. The van der Waals surface area contributed by atoms with Crippen LogP contribution in [-0.4, -0.2) is 90.3 Å². The average molecular weight is 456 g/mol. The highest BCUT2D eigenvalue weighted by atomic mass is 16.8. The molecule has 0 bridgehead atoms. The minimum atomic E-state index is -1.36. The number of amides is 3. The Balaban J connectivity index is 1.67. The number of esters is 3. The molecule has 14 heteroatoms. The molecule has 0 aromatic rings. The highest BCUT2D eigenvalue weighted by Gasteiger charge is 2.70. The SMILES string of the molecule is CC(=O)OC[C@H]1O[C@@H](N2C(=O)NC(=O)[C@@H]3[C@H]4OC(=O)O[C@@H]4[C@@H]32)[C@@H](OC(C)=O)[C@@H]1OC(C)=O. The molecular weight excluding hydrogens is 436 g/mol. The lowest BCUT2D eigenvalue weighted by Crippen LogP contribution is -2.77. The summed E-state index contributed by atoms with van der Waals surface area (Å²) in [5.74, 6) is -3.74. The number of ether oxygens (including phenoxy) is 6. The predicted molar refractivity (Wildman–Crippen MR) is 94.2 cm³/mol. The third-order valence-electron chi connectivity index (χ3n) is 5.55. The van der Waals surface area contributed by atoms with Crippen molar-refractivity contribution in [1.82, 2.24) is 10.2 Å². The molecule has 1 aliphatic carbocycles. The zero-order valence-electron chi connectivity index (χ0n) is 17.2. The normalized spacial score (nSPS) is 37.2. The summed E-state index contributed by atoms with van der Waals surface area (Å²) < 4.78 is 31.5. The topological polar surface area (TPSA) is 173 Å². The van der Waals surface area contributed by atoms with E-state index in [4.69, 9.17) is 28.4 Å². The van der Waals surface area contributed by atoms with Crippen molar-refractivity contribution >= 4 is 36.0 Å². The largest absolute Gasteiger partial charge is 0.509 e. The number of rotatable bonds is 5. The van der Waals surface area contributed by atoms with E-state index >= 15 is 0 Å². The van der Waals surface area contributed by atoms with Gasteiger partial charge in [-0.1, -0.05) is 0 Å². The third-order valence-corrected chi connectivity index (χ3v) is 5.55. The van der Waals surface area contributed by atoms with Crippen molar-refractivity contribution in [3.63, 3.8) is 0 Å². The summed E-state index contributed by atoms with van der Waals surface area (Å²) in [6, 6.07) is -1.87. The zero-order valence-corrected chi connectivity index (χ0v) is 17.2. The lowest BCUT2D eigenvalue weighted by atomic mass is 9.71. The van der Waals surface area contributed by atoms with E-state index in [2.05, 4.69) is 5.32 Å². The van der Waals surface area contributed by atoms with Crippen LogP contribution in [0.15, 0.2) is 0 Å². The monoisotopic (exact) mass is 456 g/mol. The van der Waals surface area contributed by atoms with Crippen LogP contribution in [0, 0.1) is 5.92 Å². The van der Waals surface area contributed by atoms with E-state index in [-0.39, 0.29) is 6.61 Å². The van der Waals surface area contributed by atoms with Crippen LogP contribution in [0.5, 0.6) is 0 Å². The smallest absolute Gasteiger partial charge is 0.463 e. The van der Waals surface area contributed by atoms with Gasteiger partial charge < -0.3 is 28.4 Å². The lowest BCUT2D eigenvalue weighted by Gasteiger charge is -2.52. The van der Waals surface area contributed by atoms with Gasteiger partial charge in [-0.05, 0) is 0 Å². The van der Waals surface area contributed by atoms with E-state index in [1.54, 1.807) is 0 Å². The number of carbonyl (C=O) groups excluding carboxylic acids is 6. The van der Waals surface area contributed by atoms with Gasteiger partial charge in [-0.15, -0.1) is 0 Å². The number of imide groups is 1. The van der Waals surface area contributed by atoms with Gasteiger partial charge >= 0.3 is 30.1 Å². The minimum Gasteiger partial charge on any atom is -0.463 e. The van der Waals surface area contributed by atoms with E-state index in [0.717, 1.165) is 25.7 Å². The van der Waals surface area contributed by atoms with Crippen molar-refractivity contribution in [3.8, 4) is 0 Å². The Hall–Kier alpha value is -3.42. The van der Waals surface area contributed by atoms with Gasteiger partial charge in [0, 0.05) is 20.8 Å². The van der Waals surface area contributed by atoms with Gasteiger partial charge in [-0.25, -0.2) is 9.59 Å². The number of hydrogen-bond donors (Lipinski definition) is 1. The number of carbonyl (C=O) groups is 6. The van der Waals surface area contributed by atoms with Crippen LogP contribution < -0.4 is 5.32 Å². The molecule has 0 radical (unpaired) electrons. The second-order valence-corrected chi connectivity index (χ2v) is 7.65. The van der Waals surface area contributed by atoms with Crippen LogP contribution in [0.3, 0.4) is 0 Å². The minimum absolute atomic E-state index is 0.367. The first-order valence-electron chi connectivity index (χ1n) is 9.72. The second kappa shape index (κ2) is 7.93. The van der Waals surface area contributed by atoms with E-state index in [9.17, 15) is 28.8 Å². The Morgan fingerprint density at radius 2 is 1.56 bits per heavy atom. The van der Waals surface area contributed by atoms with Crippen molar-refractivity contribution in [3.05, 3.63) is 0 Å². The summed E-state index contributed by atoms with van der Waals surface area (Å²) in [6.07, 6.45) is -7.83. The molecule has 0 aromatic carbocycles. The van der Waals surface area contributed by atoms with Crippen LogP contribution in [-0.2, 0) is 47.6 Å². The number of nitrogens with one attached hydrogen (secondary N) is 1. The lowest BCUT2D eigenvalue weighted by molar-refractivity contribution is -0.187. The van der Waals surface area contributed by atoms with Crippen LogP contribution in [0.1, 0.15) is 20.8 Å². The molecule has 3 saturated heterocycles. The van der Waals surface area contributed by atoms with Crippen molar-refractivity contribution < 1.29 is 57.2 Å². The maximum absolute atomic E-state index is 12.8. The molecule has 0 unspecified atom stereocenters. The Bertz CT molecular complexity index is 889. The zero-order chi connectivity index (χ0) is 23.3. The predicted octanol–water partition coefficient (Wildman–Crippen LogP) is -1.41. The molecule has 3 aliphatic heterocycles. The summed E-state index contributed by atoms with van der Waals surface area (Å²) in [7, 11) is 0. The van der Waals surface area contributed by atoms with Gasteiger partial charge in [0.15, 0.2) is 30.6 Å². The van der Waals surface area contributed by atoms with Gasteiger partial charge in [0.25, 0.3) is 0 Å². The van der Waals surface area contributed by atoms with Crippen molar-refractivity contribution in [1.29, 1.82) is 0 Å². The van der Waals surface area contributed by atoms with Crippen LogP contribution in [0.4, 0.5) is 9.59 Å². The van der Waals surface area contributed by atoms with Gasteiger partial charge in [0.1, 0.15) is 18.6 Å². The molecule has 0 spiro atoms. The molecule has 32 heavy (non-hydrogen) atoms. The Morgan fingerprint density at radius 1 is 0.938 bits per heavy atom. The van der Waals surface area contributed by atoms with Crippen LogP contribution in [0.25, 0.3) is 0 Å². The number of urea groups is 1. The van der Waals surface area contributed by atoms with Crippen molar-refractivity contribution in [2.24, 2.45) is 5.92 Å². The molecule has 14 nitrogen and oxygen atoms in total. The molecule has 4 fully saturated rings. The van der Waals surface area contributed by atoms with Crippen molar-refractivity contribution in [2.75, 3.05) is 6.61 Å². The van der Waals surface area contributed by atoms with E-state index in [0.29, 0.717) is 0 Å². The number of fused-ring (bicyclic) bond motifs is 4. The molecule has 1 saturated carbocycles. The molecular formula is C18H20N2O12. The van der Waals surface area contributed by atoms with Gasteiger partial charge in [-0.3, -0.25) is 29.4 Å². The molecule has 4 aliphatic rings. The molecule has 8 atom stereocenters. The summed E-state index contributed by atoms with van der Waals surface area (Å²) in [5.41, 5.74) is 0. The quantitative estimate of drug-likeness (QED) is 0.379. The van der Waals surface area contributed by atoms with Crippen molar-refractivity contribution in [2.45, 2.75) is 63.6 Å². The molecule has 0 aromatic heterocycles. The van der Waals surface area contributed by atoms with Crippen LogP contribution >= 0.6 is 0 Å². The number of nitrogens with zero attached hydrogens (tertiary/aromatic N) is 1. The Kier molecular flexibility index (Phi) is 5.40. The molecule has 174 valence electrons. The fourth-order valence-electron chi connectivity index (χ4n) is 4.41. The first-order chi connectivity index (χ1) is 15.1. The second-order valence-electron chi connectivity index (χ2n) is 7.65. The van der Waals surface area contributed by atoms with Crippen LogP contribution in [0.2, 0.25) is 0 Å².